The fourth-order valence-electron chi connectivity index (χ4n) is 2.66. The first kappa shape index (κ1) is 16.0. The Morgan fingerprint density at radius 1 is 1.42 bits per heavy atom. The Kier molecular flexibility index (Phi) is 4.45. The van der Waals surface area contributed by atoms with E-state index in [1.165, 1.54) is 10.7 Å². The fraction of sp³-hybridized carbons (Fsp3) is 0.500. The maximum atomic E-state index is 12.1. The van der Waals surface area contributed by atoms with Crippen molar-refractivity contribution in [3.8, 4) is 0 Å². The summed E-state index contributed by atoms with van der Waals surface area (Å²) in [5.41, 5.74) is -0.113. The molecule has 1 amide bonds. The molecule has 24 heavy (non-hydrogen) atoms. The number of carbonyl (C=O) groups is 1. The van der Waals surface area contributed by atoms with Crippen molar-refractivity contribution in [1.29, 1.82) is 0 Å². The van der Waals surface area contributed by atoms with Crippen molar-refractivity contribution in [3.63, 3.8) is 0 Å². The van der Waals surface area contributed by atoms with Gasteiger partial charge in [-0.3, -0.25) is 19.5 Å². The van der Waals surface area contributed by atoms with Gasteiger partial charge in [-0.1, -0.05) is 0 Å². The van der Waals surface area contributed by atoms with Crippen LogP contribution in [0.15, 0.2) is 21.3 Å². The topological polar surface area (TPSA) is 125 Å². The van der Waals surface area contributed by atoms with E-state index >= 15 is 0 Å². The minimum absolute atomic E-state index is 0.113. The lowest BCUT2D eigenvalue weighted by atomic mass is 10.2. The van der Waals surface area contributed by atoms with E-state index < -0.39 is 16.7 Å². The molecule has 0 radical (unpaired) electrons. The summed E-state index contributed by atoms with van der Waals surface area (Å²) in [6.45, 7) is 1.42. The van der Waals surface area contributed by atoms with Gasteiger partial charge in [0.15, 0.2) is 5.76 Å². The Balaban J connectivity index is 1.50. The van der Waals surface area contributed by atoms with Gasteiger partial charge in [0.05, 0.1) is 6.07 Å². The van der Waals surface area contributed by atoms with Gasteiger partial charge < -0.3 is 9.73 Å². The number of hydrogen-bond acceptors (Lipinski definition) is 6. The van der Waals surface area contributed by atoms with Crippen LogP contribution in [0.1, 0.15) is 35.6 Å². The quantitative estimate of drug-likeness (QED) is 0.470. The predicted octanol–water partition coefficient (Wildman–Crippen LogP) is 0.702. The van der Waals surface area contributed by atoms with E-state index in [9.17, 15) is 19.7 Å². The number of nitro groups is 1. The second kappa shape index (κ2) is 6.69. The number of hydrogen-bond donors (Lipinski definition) is 1. The number of aryl methyl sites for hydroxylation is 2. The van der Waals surface area contributed by atoms with Crippen molar-refractivity contribution in [2.45, 2.75) is 38.8 Å². The van der Waals surface area contributed by atoms with E-state index in [4.69, 9.17) is 4.42 Å². The molecular weight excluding hydrogens is 318 g/mol. The van der Waals surface area contributed by atoms with Crippen LogP contribution in [0.5, 0.6) is 0 Å². The molecule has 1 aliphatic rings. The Hall–Kier alpha value is -2.91. The number of nitrogens with one attached hydrogen (secondary N) is 1. The molecule has 0 spiro atoms. The molecule has 10 heteroatoms. The number of furan rings is 1. The summed E-state index contributed by atoms with van der Waals surface area (Å²) in [6.07, 6.45) is 3.37. The van der Waals surface area contributed by atoms with E-state index in [-0.39, 0.29) is 11.4 Å². The number of fused-ring (bicyclic) bond motifs is 1. The average molecular weight is 335 g/mol. The van der Waals surface area contributed by atoms with Crippen molar-refractivity contribution in [3.05, 3.63) is 44.3 Å². The normalized spacial score (nSPS) is 13.5. The van der Waals surface area contributed by atoms with Crippen LogP contribution >= 0.6 is 0 Å². The molecule has 0 saturated heterocycles. The molecule has 1 N–H and O–H groups in total. The Morgan fingerprint density at radius 3 is 2.96 bits per heavy atom. The zero-order valence-corrected chi connectivity index (χ0v) is 12.9. The maximum Gasteiger partial charge on any atom is 0.433 e. The van der Waals surface area contributed by atoms with Crippen molar-refractivity contribution in [2.75, 3.05) is 6.54 Å². The van der Waals surface area contributed by atoms with E-state index in [1.807, 2.05) is 0 Å². The van der Waals surface area contributed by atoms with E-state index in [1.54, 1.807) is 4.57 Å². The highest BCUT2D eigenvalue weighted by Crippen LogP contribution is 2.15. The van der Waals surface area contributed by atoms with Gasteiger partial charge in [0, 0.05) is 26.1 Å². The third kappa shape index (κ3) is 3.21. The number of amides is 1. The summed E-state index contributed by atoms with van der Waals surface area (Å²) >= 11 is 0. The maximum absolute atomic E-state index is 12.1. The molecule has 128 valence electrons. The first-order chi connectivity index (χ1) is 11.6. The third-order valence-corrected chi connectivity index (χ3v) is 3.86. The third-order valence-electron chi connectivity index (χ3n) is 3.86. The van der Waals surface area contributed by atoms with Crippen LogP contribution in [0.25, 0.3) is 0 Å². The summed E-state index contributed by atoms with van der Waals surface area (Å²) < 4.78 is 7.93. The average Bonchev–Trinajstić information content (AvgIpc) is 3.18. The van der Waals surface area contributed by atoms with Crippen LogP contribution in [0.2, 0.25) is 0 Å². The molecule has 0 aromatic carbocycles. The van der Waals surface area contributed by atoms with E-state index in [0.29, 0.717) is 26.1 Å². The van der Waals surface area contributed by atoms with Crippen molar-refractivity contribution >= 4 is 11.8 Å². The first-order valence-corrected chi connectivity index (χ1v) is 7.75. The number of rotatable bonds is 6. The zero-order chi connectivity index (χ0) is 17.1. The number of aromatic nitrogens is 3. The highest BCUT2D eigenvalue weighted by Gasteiger charge is 2.18. The van der Waals surface area contributed by atoms with Crippen LogP contribution in [0, 0.1) is 10.1 Å². The molecule has 2 aromatic heterocycles. The van der Waals surface area contributed by atoms with Crippen LogP contribution in [-0.2, 0) is 19.5 Å². The minimum Gasteiger partial charge on any atom is -0.395 e. The Morgan fingerprint density at radius 2 is 2.25 bits per heavy atom. The molecule has 0 fully saturated rings. The molecule has 0 saturated carbocycles. The van der Waals surface area contributed by atoms with Gasteiger partial charge in [0.25, 0.3) is 5.91 Å². The minimum atomic E-state index is -0.705. The molecular formula is C14H17N5O5. The number of nitrogens with zero attached hydrogens (tertiary/aromatic N) is 4. The summed E-state index contributed by atoms with van der Waals surface area (Å²) in [5, 5.41) is 17.4. The SMILES string of the molecule is O=C(NCCCn1nc2n(c1=O)CCCC2)c1ccc([N+](=O)[O-])o1. The van der Waals surface area contributed by atoms with Gasteiger partial charge in [0.1, 0.15) is 10.7 Å². The second-order valence-electron chi connectivity index (χ2n) is 5.54. The molecule has 0 aliphatic carbocycles. The molecule has 3 rings (SSSR count). The monoisotopic (exact) mass is 335 g/mol. The molecule has 0 atom stereocenters. The Bertz CT molecular complexity index is 818. The predicted molar refractivity (Wildman–Crippen MR) is 81.7 cm³/mol. The van der Waals surface area contributed by atoms with Crippen molar-refractivity contribution in [1.82, 2.24) is 19.7 Å². The van der Waals surface area contributed by atoms with Gasteiger partial charge in [-0.2, -0.15) is 5.10 Å². The first-order valence-electron chi connectivity index (χ1n) is 7.75. The van der Waals surface area contributed by atoms with Gasteiger partial charge in [-0.15, -0.1) is 0 Å². The van der Waals surface area contributed by atoms with Gasteiger partial charge in [-0.05, 0) is 25.3 Å². The molecule has 0 unspecified atom stereocenters. The lowest BCUT2D eigenvalue weighted by Gasteiger charge is -2.09. The standard InChI is InChI=1S/C14H17N5O5/c20-13(10-5-6-12(24-10)19(22)23)15-7-3-9-18-14(21)17-8-2-1-4-11(17)16-18/h5-6H,1-4,7-9H2,(H,15,20). The fourth-order valence-corrected chi connectivity index (χ4v) is 2.66. The summed E-state index contributed by atoms with van der Waals surface area (Å²) in [6, 6.07) is 2.38. The number of carbonyl (C=O) groups excluding carboxylic acids is 1. The molecule has 3 heterocycles. The summed E-state index contributed by atoms with van der Waals surface area (Å²) in [4.78, 5) is 33.7. The van der Waals surface area contributed by atoms with Crippen LogP contribution in [0.3, 0.4) is 0 Å². The van der Waals surface area contributed by atoms with Crippen LogP contribution < -0.4 is 11.0 Å². The van der Waals surface area contributed by atoms with Gasteiger partial charge >= 0.3 is 11.6 Å². The summed E-state index contributed by atoms with van der Waals surface area (Å²) in [5.74, 6) is -0.302. The highest BCUT2D eigenvalue weighted by atomic mass is 16.6. The van der Waals surface area contributed by atoms with Crippen molar-refractivity contribution < 1.29 is 14.1 Å². The molecule has 10 nitrogen and oxygen atoms in total. The smallest absolute Gasteiger partial charge is 0.395 e. The second-order valence-corrected chi connectivity index (χ2v) is 5.54. The highest BCUT2D eigenvalue weighted by molar-refractivity contribution is 5.91. The van der Waals surface area contributed by atoms with Crippen LogP contribution in [-0.4, -0.2) is 31.7 Å². The van der Waals surface area contributed by atoms with Crippen LogP contribution in [0.4, 0.5) is 5.88 Å². The largest absolute Gasteiger partial charge is 0.433 e. The molecule has 2 aromatic rings. The van der Waals surface area contributed by atoms with Gasteiger partial charge in [0.2, 0.25) is 0 Å². The molecule has 1 aliphatic heterocycles. The van der Waals surface area contributed by atoms with E-state index in [2.05, 4.69) is 10.4 Å². The van der Waals surface area contributed by atoms with Crippen molar-refractivity contribution in [2.24, 2.45) is 0 Å². The van der Waals surface area contributed by atoms with Gasteiger partial charge in [-0.25, -0.2) is 9.48 Å². The lowest BCUT2D eigenvalue weighted by molar-refractivity contribution is -0.402. The van der Waals surface area contributed by atoms with E-state index in [0.717, 1.165) is 31.2 Å². The summed E-state index contributed by atoms with van der Waals surface area (Å²) in [7, 11) is 0. The molecule has 0 bridgehead atoms. The Labute approximate surface area is 136 Å². The zero-order valence-electron chi connectivity index (χ0n) is 12.9. The lowest BCUT2D eigenvalue weighted by Crippen LogP contribution is -2.29.